The minimum absolute atomic E-state index is 0.103. The lowest BCUT2D eigenvalue weighted by Crippen LogP contribution is -2.07. The summed E-state index contributed by atoms with van der Waals surface area (Å²) in [5.74, 6) is 0. The molecule has 0 spiro atoms. The number of aliphatic hydroxyl groups excluding tert-OH is 1. The molecular formula is C10H14OS. The van der Waals surface area contributed by atoms with Gasteiger partial charge in [0.1, 0.15) is 0 Å². The molecule has 66 valence electrons. The molecule has 2 heteroatoms. The second-order valence-electron chi connectivity index (χ2n) is 3.41. The van der Waals surface area contributed by atoms with Gasteiger partial charge in [0.05, 0.1) is 6.61 Å². The zero-order chi connectivity index (χ0) is 9.19. The second-order valence-corrected chi connectivity index (χ2v) is 4.53. The van der Waals surface area contributed by atoms with Crippen molar-refractivity contribution in [3.8, 4) is 0 Å². The third-order valence-electron chi connectivity index (χ3n) is 1.84. The SMILES string of the molecule is CC(C)(S)c1ccc(CO)cc1. The van der Waals surface area contributed by atoms with E-state index in [4.69, 9.17) is 5.11 Å². The van der Waals surface area contributed by atoms with E-state index in [0.29, 0.717) is 0 Å². The highest BCUT2D eigenvalue weighted by Crippen LogP contribution is 2.26. The number of hydrogen-bond acceptors (Lipinski definition) is 2. The Balaban J connectivity index is 2.93. The lowest BCUT2D eigenvalue weighted by atomic mass is 10.0. The fraction of sp³-hybridized carbons (Fsp3) is 0.400. The van der Waals surface area contributed by atoms with Crippen LogP contribution >= 0.6 is 12.6 Å². The van der Waals surface area contributed by atoms with Crippen LogP contribution in [0.1, 0.15) is 25.0 Å². The van der Waals surface area contributed by atoms with E-state index in [1.807, 2.05) is 38.1 Å². The standard InChI is InChI=1S/C10H14OS/c1-10(2,12)9-5-3-8(7-11)4-6-9/h3-6,11-12H,7H2,1-2H3. The summed E-state index contributed by atoms with van der Waals surface area (Å²) >= 11 is 4.45. The number of aliphatic hydroxyl groups is 1. The van der Waals surface area contributed by atoms with Gasteiger partial charge in [0.25, 0.3) is 0 Å². The molecule has 0 aliphatic carbocycles. The normalized spacial score (nSPS) is 11.7. The number of benzene rings is 1. The minimum Gasteiger partial charge on any atom is -0.392 e. The highest BCUT2D eigenvalue weighted by molar-refractivity contribution is 7.81. The van der Waals surface area contributed by atoms with Crippen molar-refractivity contribution in [3.05, 3.63) is 35.4 Å². The molecule has 0 heterocycles. The van der Waals surface area contributed by atoms with E-state index in [-0.39, 0.29) is 11.4 Å². The Morgan fingerprint density at radius 1 is 1.25 bits per heavy atom. The highest BCUT2D eigenvalue weighted by Gasteiger charge is 2.13. The first-order valence-corrected chi connectivity index (χ1v) is 4.41. The van der Waals surface area contributed by atoms with E-state index in [1.54, 1.807) is 0 Å². The van der Waals surface area contributed by atoms with Crippen molar-refractivity contribution < 1.29 is 5.11 Å². The summed E-state index contributed by atoms with van der Waals surface area (Å²) in [5, 5.41) is 8.81. The molecule has 0 unspecified atom stereocenters. The Labute approximate surface area is 78.8 Å². The predicted octanol–water partition coefficient (Wildman–Crippen LogP) is 2.34. The van der Waals surface area contributed by atoms with E-state index in [0.717, 1.165) is 5.56 Å². The molecule has 0 saturated heterocycles. The quantitative estimate of drug-likeness (QED) is 0.673. The summed E-state index contributed by atoms with van der Waals surface area (Å²) in [6.07, 6.45) is 0. The van der Waals surface area contributed by atoms with Crippen molar-refractivity contribution in [1.82, 2.24) is 0 Å². The van der Waals surface area contributed by atoms with E-state index >= 15 is 0 Å². The maximum atomic E-state index is 8.81. The highest BCUT2D eigenvalue weighted by atomic mass is 32.1. The van der Waals surface area contributed by atoms with Crippen LogP contribution in [0, 0.1) is 0 Å². The Bertz CT molecular complexity index is 246. The van der Waals surface area contributed by atoms with Crippen LogP contribution in [0.4, 0.5) is 0 Å². The van der Waals surface area contributed by atoms with E-state index < -0.39 is 0 Å². The third kappa shape index (κ3) is 2.26. The van der Waals surface area contributed by atoms with Gasteiger partial charge in [0.15, 0.2) is 0 Å². The van der Waals surface area contributed by atoms with Crippen molar-refractivity contribution in [2.24, 2.45) is 0 Å². The molecule has 0 bridgehead atoms. The largest absolute Gasteiger partial charge is 0.392 e. The lowest BCUT2D eigenvalue weighted by Gasteiger charge is -2.17. The molecule has 0 aromatic heterocycles. The second kappa shape index (κ2) is 3.50. The van der Waals surface area contributed by atoms with Gasteiger partial charge >= 0.3 is 0 Å². The maximum Gasteiger partial charge on any atom is 0.0681 e. The first-order valence-electron chi connectivity index (χ1n) is 3.96. The Morgan fingerprint density at radius 2 is 1.75 bits per heavy atom. The summed E-state index contributed by atoms with van der Waals surface area (Å²) in [5.41, 5.74) is 2.11. The molecule has 0 aliphatic heterocycles. The number of rotatable bonds is 2. The zero-order valence-electron chi connectivity index (χ0n) is 7.41. The molecule has 1 nitrogen and oxygen atoms in total. The van der Waals surface area contributed by atoms with Gasteiger partial charge in [-0.15, -0.1) is 0 Å². The van der Waals surface area contributed by atoms with E-state index in [9.17, 15) is 0 Å². The van der Waals surface area contributed by atoms with Crippen molar-refractivity contribution in [2.45, 2.75) is 25.2 Å². The predicted molar refractivity (Wildman–Crippen MR) is 54.4 cm³/mol. The van der Waals surface area contributed by atoms with Gasteiger partial charge in [0.2, 0.25) is 0 Å². The topological polar surface area (TPSA) is 20.2 Å². The van der Waals surface area contributed by atoms with Gasteiger partial charge in [-0.2, -0.15) is 12.6 Å². The molecule has 1 N–H and O–H groups in total. The van der Waals surface area contributed by atoms with Crippen LogP contribution in [-0.2, 0) is 11.4 Å². The Morgan fingerprint density at radius 3 is 2.08 bits per heavy atom. The molecule has 1 aromatic rings. The van der Waals surface area contributed by atoms with Crippen LogP contribution in [-0.4, -0.2) is 5.11 Å². The van der Waals surface area contributed by atoms with Crippen LogP contribution in [0.25, 0.3) is 0 Å². The van der Waals surface area contributed by atoms with Crippen LogP contribution in [0.3, 0.4) is 0 Å². The molecular weight excluding hydrogens is 168 g/mol. The maximum absolute atomic E-state index is 8.81. The summed E-state index contributed by atoms with van der Waals surface area (Å²) in [4.78, 5) is 0. The van der Waals surface area contributed by atoms with Gasteiger partial charge in [-0.25, -0.2) is 0 Å². The third-order valence-corrected chi connectivity index (χ3v) is 2.10. The van der Waals surface area contributed by atoms with Gasteiger partial charge in [0, 0.05) is 4.75 Å². The molecule has 0 radical (unpaired) electrons. The van der Waals surface area contributed by atoms with Crippen LogP contribution in [0.15, 0.2) is 24.3 Å². The van der Waals surface area contributed by atoms with E-state index in [2.05, 4.69) is 12.6 Å². The number of hydrogen-bond donors (Lipinski definition) is 2. The van der Waals surface area contributed by atoms with Gasteiger partial charge in [-0.1, -0.05) is 24.3 Å². The van der Waals surface area contributed by atoms with Crippen molar-refractivity contribution in [3.63, 3.8) is 0 Å². The van der Waals surface area contributed by atoms with E-state index in [1.165, 1.54) is 5.56 Å². The number of thiol groups is 1. The Kier molecular flexibility index (Phi) is 2.80. The molecule has 0 saturated carbocycles. The monoisotopic (exact) mass is 182 g/mol. The molecule has 0 amide bonds. The summed E-state index contributed by atoms with van der Waals surface area (Å²) in [6.45, 7) is 4.20. The average molecular weight is 182 g/mol. The van der Waals surface area contributed by atoms with Crippen molar-refractivity contribution >= 4 is 12.6 Å². The summed E-state index contributed by atoms with van der Waals surface area (Å²) in [7, 11) is 0. The van der Waals surface area contributed by atoms with Crippen molar-refractivity contribution in [1.29, 1.82) is 0 Å². The fourth-order valence-corrected chi connectivity index (χ4v) is 1.17. The first kappa shape index (κ1) is 9.62. The molecule has 1 rings (SSSR count). The van der Waals surface area contributed by atoms with Crippen molar-refractivity contribution in [2.75, 3.05) is 0 Å². The zero-order valence-corrected chi connectivity index (χ0v) is 8.31. The lowest BCUT2D eigenvalue weighted by molar-refractivity contribution is 0.282. The average Bonchev–Trinajstić information content (AvgIpc) is 2.03. The fourth-order valence-electron chi connectivity index (χ4n) is 1.02. The van der Waals surface area contributed by atoms with Crippen LogP contribution in [0.2, 0.25) is 0 Å². The van der Waals surface area contributed by atoms with Gasteiger partial charge in [-0.3, -0.25) is 0 Å². The van der Waals surface area contributed by atoms with Crippen LogP contribution in [0.5, 0.6) is 0 Å². The molecule has 0 atom stereocenters. The minimum atomic E-state index is -0.103. The smallest absolute Gasteiger partial charge is 0.0681 e. The molecule has 12 heavy (non-hydrogen) atoms. The Hall–Kier alpha value is -0.470. The molecule has 1 aromatic carbocycles. The van der Waals surface area contributed by atoms with Crippen LogP contribution < -0.4 is 0 Å². The van der Waals surface area contributed by atoms with Gasteiger partial charge < -0.3 is 5.11 Å². The molecule has 0 fully saturated rings. The van der Waals surface area contributed by atoms with Gasteiger partial charge in [-0.05, 0) is 25.0 Å². The summed E-state index contributed by atoms with van der Waals surface area (Å²) < 4.78 is -0.103. The first-order chi connectivity index (χ1) is 5.54. The molecule has 0 aliphatic rings. The summed E-state index contributed by atoms with van der Waals surface area (Å²) in [6, 6.07) is 7.84.